The van der Waals surface area contributed by atoms with Gasteiger partial charge in [-0.25, -0.2) is 0 Å². The minimum atomic E-state index is -4.51. The molecular weight excluding hydrogens is 515 g/mol. The Balaban J connectivity index is 1.21. The molecule has 2 bridgehead atoms. The average Bonchev–Trinajstić information content (AvgIpc) is 3.58. The minimum Gasteiger partial charge on any atom is -0.368 e. The standard InChI is InChI=1S/C31H36F3N5O/c1-19-4-7-26(38-17-27-8-9-28(18-38)39(27)15-21-5-6-21)13-29(19)30(40)36-20(2)22-10-23(24-14-35-37(3)16-24)12-25(11-22)31(32,33)34/h4,7,10-14,16,20-21,27-28H,5-6,8-9,15,17-18H2,1-3H3,(H,36,40)/t20-,27-,28+/m1/s1. The van der Waals surface area contributed by atoms with E-state index in [1.54, 1.807) is 30.9 Å². The normalized spacial score (nSPS) is 22.0. The lowest BCUT2D eigenvalue weighted by Gasteiger charge is -2.42. The van der Waals surface area contributed by atoms with Crippen LogP contribution >= 0.6 is 0 Å². The highest BCUT2D eigenvalue weighted by Crippen LogP contribution is 2.38. The van der Waals surface area contributed by atoms with Gasteiger partial charge < -0.3 is 10.2 Å². The predicted octanol–water partition coefficient (Wildman–Crippen LogP) is 5.97. The van der Waals surface area contributed by atoms with Gasteiger partial charge in [0.2, 0.25) is 0 Å². The molecule has 3 aromatic rings. The Labute approximate surface area is 233 Å². The van der Waals surface area contributed by atoms with Crippen LogP contribution in [0.4, 0.5) is 18.9 Å². The van der Waals surface area contributed by atoms with Gasteiger partial charge in [-0.15, -0.1) is 0 Å². The highest BCUT2D eigenvalue weighted by molar-refractivity contribution is 5.97. The van der Waals surface area contributed by atoms with E-state index in [4.69, 9.17) is 0 Å². The summed E-state index contributed by atoms with van der Waals surface area (Å²) < 4.78 is 42.9. The molecule has 1 amide bonds. The maximum atomic E-state index is 13.8. The molecule has 1 aromatic heterocycles. The molecule has 6 nitrogen and oxygen atoms in total. The number of halogens is 3. The van der Waals surface area contributed by atoms with Crippen molar-refractivity contribution in [1.82, 2.24) is 20.0 Å². The fourth-order valence-electron chi connectivity index (χ4n) is 6.31. The number of hydrogen-bond donors (Lipinski definition) is 1. The van der Waals surface area contributed by atoms with E-state index in [0.29, 0.717) is 34.3 Å². The van der Waals surface area contributed by atoms with E-state index < -0.39 is 17.8 Å². The second kappa shape index (κ2) is 10.3. The molecule has 1 aliphatic carbocycles. The third-order valence-corrected chi connectivity index (χ3v) is 8.80. The molecule has 0 spiro atoms. The van der Waals surface area contributed by atoms with Gasteiger partial charge in [0.1, 0.15) is 0 Å². The van der Waals surface area contributed by atoms with Gasteiger partial charge in [-0.1, -0.05) is 6.07 Å². The number of aromatic nitrogens is 2. The molecule has 3 heterocycles. The second-order valence-electron chi connectivity index (χ2n) is 11.9. The van der Waals surface area contributed by atoms with E-state index in [9.17, 15) is 18.0 Å². The first-order valence-corrected chi connectivity index (χ1v) is 14.2. The van der Waals surface area contributed by atoms with Crippen LogP contribution in [-0.2, 0) is 13.2 Å². The van der Waals surface area contributed by atoms with Crippen molar-refractivity contribution in [2.24, 2.45) is 13.0 Å². The number of piperazine rings is 1. The zero-order valence-corrected chi connectivity index (χ0v) is 23.2. The Morgan fingerprint density at radius 1 is 1.05 bits per heavy atom. The molecular formula is C31H36F3N5O. The fraction of sp³-hybridized carbons (Fsp3) is 0.484. The van der Waals surface area contributed by atoms with Crippen molar-refractivity contribution in [3.8, 4) is 11.1 Å². The Bertz CT molecular complexity index is 1400. The summed E-state index contributed by atoms with van der Waals surface area (Å²) in [5.74, 6) is 0.589. The number of aryl methyl sites for hydroxylation is 2. The number of amides is 1. The van der Waals surface area contributed by atoms with Crippen LogP contribution in [0, 0.1) is 12.8 Å². The molecule has 0 unspecified atom stereocenters. The zero-order valence-electron chi connectivity index (χ0n) is 23.2. The van der Waals surface area contributed by atoms with Crippen molar-refractivity contribution in [2.75, 3.05) is 24.5 Å². The molecule has 9 heteroatoms. The van der Waals surface area contributed by atoms with Crippen molar-refractivity contribution in [3.05, 3.63) is 71.0 Å². The second-order valence-corrected chi connectivity index (χ2v) is 11.9. The summed E-state index contributed by atoms with van der Waals surface area (Å²) in [5.41, 5.74) is 3.05. The lowest BCUT2D eigenvalue weighted by atomic mass is 9.97. The minimum absolute atomic E-state index is 0.289. The Morgan fingerprint density at radius 2 is 1.77 bits per heavy atom. The van der Waals surface area contributed by atoms with Crippen molar-refractivity contribution in [3.63, 3.8) is 0 Å². The number of carbonyl (C=O) groups is 1. The molecule has 2 aliphatic heterocycles. The van der Waals surface area contributed by atoms with Gasteiger partial charge in [-0.05, 0) is 92.5 Å². The predicted molar refractivity (Wildman–Crippen MR) is 149 cm³/mol. The molecule has 2 aromatic carbocycles. The van der Waals surface area contributed by atoms with E-state index in [-0.39, 0.29) is 5.91 Å². The maximum Gasteiger partial charge on any atom is 0.416 e. The van der Waals surface area contributed by atoms with Crippen molar-refractivity contribution >= 4 is 11.6 Å². The van der Waals surface area contributed by atoms with Gasteiger partial charge in [0.15, 0.2) is 0 Å². The molecule has 1 N–H and O–H groups in total. The highest BCUT2D eigenvalue weighted by atomic mass is 19.4. The fourth-order valence-corrected chi connectivity index (χ4v) is 6.31. The van der Waals surface area contributed by atoms with Gasteiger partial charge in [0.05, 0.1) is 17.8 Å². The summed E-state index contributed by atoms with van der Waals surface area (Å²) in [4.78, 5) is 18.6. The molecule has 2 saturated heterocycles. The molecule has 40 heavy (non-hydrogen) atoms. The van der Waals surface area contributed by atoms with Crippen LogP contribution in [0.15, 0.2) is 48.8 Å². The third-order valence-electron chi connectivity index (χ3n) is 8.80. The van der Waals surface area contributed by atoms with E-state index in [1.807, 2.05) is 19.1 Å². The van der Waals surface area contributed by atoms with E-state index in [2.05, 4.69) is 26.3 Å². The molecule has 3 atom stereocenters. The quantitative estimate of drug-likeness (QED) is 0.393. The lowest BCUT2D eigenvalue weighted by Crippen LogP contribution is -2.54. The van der Waals surface area contributed by atoms with Gasteiger partial charge in [0, 0.05) is 61.8 Å². The first-order chi connectivity index (χ1) is 19.0. The summed E-state index contributed by atoms with van der Waals surface area (Å²) in [5, 5.41) is 7.05. The Kier molecular flexibility index (Phi) is 6.89. The van der Waals surface area contributed by atoms with Crippen LogP contribution in [0.5, 0.6) is 0 Å². The largest absolute Gasteiger partial charge is 0.416 e. The lowest BCUT2D eigenvalue weighted by molar-refractivity contribution is -0.137. The SMILES string of the molecule is Cc1ccc(N2C[C@H]3CC[C@@H](C2)N3CC2CC2)cc1C(=O)N[C@H](C)c1cc(-c2cnn(C)c2)cc(C(F)(F)F)c1. The molecule has 3 fully saturated rings. The first-order valence-electron chi connectivity index (χ1n) is 14.2. The van der Waals surface area contributed by atoms with E-state index in [1.165, 1.54) is 38.4 Å². The molecule has 212 valence electrons. The van der Waals surface area contributed by atoms with Crippen molar-refractivity contribution in [2.45, 2.75) is 63.8 Å². The van der Waals surface area contributed by atoms with Gasteiger partial charge >= 0.3 is 6.18 Å². The number of fused-ring (bicyclic) bond motifs is 2. The molecule has 1 saturated carbocycles. The van der Waals surface area contributed by atoms with Crippen LogP contribution in [0.1, 0.15) is 65.7 Å². The van der Waals surface area contributed by atoms with Crippen LogP contribution in [0.3, 0.4) is 0 Å². The van der Waals surface area contributed by atoms with Gasteiger partial charge in [-0.2, -0.15) is 18.3 Å². The molecule has 6 rings (SSSR count). The van der Waals surface area contributed by atoms with Crippen LogP contribution in [-0.4, -0.2) is 52.3 Å². The van der Waals surface area contributed by atoms with E-state index >= 15 is 0 Å². The number of nitrogens with one attached hydrogen (secondary N) is 1. The number of carbonyl (C=O) groups excluding carboxylic acids is 1. The maximum absolute atomic E-state index is 13.8. The summed E-state index contributed by atoms with van der Waals surface area (Å²) in [7, 11) is 1.72. The molecule has 0 radical (unpaired) electrons. The van der Waals surface area contributed by atoms with Crippen LogP contribution in [0.2, 0.25) is 0 Å². The third kappa shape index (κ3) is 5.48. The Hall–Kier alpha value is -3.33. The smallest absolute Gasteiger partial charge is 0.368 e. The summed E-state index contributed by atoms with van der Waals surface area (Å²) in [6, 6.07) is 10.4. The molecule has 3 aliphatic rings. The van der Waals surface area contributed by atoms with Crippen LogP contribution < -0.4 is 10.2 Å². The highest BCUT2D eigenvalue weighted by Gasteiger charge is 2.42. The zero-order chi connectivity index (χ0) is 28.2. The van der Waals surface area contributed by atoms with E-state index in [0.717, 1.165) is 42.4 Å². The summed E-state index contributed by atoms with van der Waals surface area (Å²) in [6.07, 6.45) is 3.87. The summed E-state index contributed by atoms with van der Waals surface area (Å²) in [6.45, 7) is 6.76. The van der Waals surface area contributed by atoms with Crippen molar-refractivity contribution in [1.29, 1.82) is 0 Å². The number of nitrogens with zero attached hydrogens (tertiary/aromatic N) is 4. The number of rotatable bonds is 7. The monoisotopic (exact) mass is 551 g/mol. The number of benzene rings is 2. The average molecular weight is 552 g/mol. The van der Waals surface area contributed by atoms with Crippen molar-refractivity contribution < 1.29 is 18.0 Å². The Morgan fingerprint density at radius 3 is 2.40 bits per heavy atom. The number of hydrogen-bond acceptors (Lipinski definition) is 4. The number of alkyl halides is 3. The topological polar surface area (TPSA) is 53.4 Å². The van der Waals surface area contributed by atoms with Crippen LogP contribution in [0.25, 0.3) is 11.1 Å². The number of anilines is 1. The first kappa shape index (κ1) is 26.9. The van der Waals surface area contributed by atoms with Gasteiger partial charge in [-0.3, -0.25) is 14.4 Å². The van der Waals surface area contributed by atoms with Gasteiger partial charge in [0.25, 0.3) is 5.91 Å². The summed E-state index contributed by atoms with van der Waals surface area (Å²) >= 11 is 0.